The second-order valence-corrected chi connectivity index (χ2v) is 9.20. The minimum absolute atomic E-state index is 1.02. The van der Waals surface area contributed by atoms with Gasteiger partial charge in [-0.15, -0.1) is 0 Å². The summed E-state index contributed by atoms with van der Waals surface area (Å²) in [5.41, 5.74) is 9.48. The molecule has 166 valence electrons. The third-order valence-electron chi connectivity index (χ3n) is 7.27. The first-order chi connectivity index (χ1) is 17.2. The van der Waals surface area contributed by atoms with Crippen molar-refractivity contribution in [3.05, 3.63) is 115 Å². The number of aryl methyl sites for hydroxylation is 2. The summed E-state index contributed by atoms with van der Waals surface area (Å²) in [5, 5.41) is 6.13. The van der Waals surface area contributed by atoms with Crippen LogP contribution in [0.3, 0.4) is 0 Å². The molecule has 0 radical (unpaired) electrons. The zero-order chi connectivity index (χ0) is 23.5. The van der Waals surface area contributed by atoms with E-state index in [1.54, 1.807) is 6.33 Å². The number of benzene rings is 5. The Bertz CT molecular complexity index is 1870. The topological polar surface area (TPSA) is 30.7 Å². The van der Waals surface area contributed by atoms with Crippen molar-refractivity contribution < 1.29 is 0 Å². The zero-order valence-electron chi connectivity index (χ0n) is 19.7. The molecule has 0 saturated heterocycles. The molecular weight excluding hydrogens is 426 g/mol. The number of hydrogen-bond donors (Lipinski definition) is 0. The molecule has 0 bridgehead atoms. The van der Waals surface area contributed by atoms with Crippen molar-refractivity contribution in [2.45, 2.75) is 13.8 Å². The quantitative estimate of drug-likeness (QED) is 0.266. The lowest BCUT2D eigenvalue weighted by atomic mass is 9.91. The average molecular weight is 450 g/mol. The van der Waals surface area contributed by atoms with Crippen LogP contribution in [0.5, 0.6) is 0 Å². The molecule has 2 aromatic heterocycles. The van der Waals surface area contributed by atoms with Gasteiger partial charge in [-0.2, -0.15) is 0 Å². The van der Waals surface area contributed by atoms with E-state index in [4.69, 9.17) is 0 Å². The van der Waals surface area contributed by atoms with E-state index in [9.17, 15) is 0 Å². The van der Waals surface area contributed by atoms with Gasteiger partial charge >= 0.3 is 0 Å². The Morgan fingerprint density at radius 1 is 0.600 bits per heavy atom. The highest BCUT2D eigenvalue weighted by molar-refractivity contribution is 6.11. The summed E-state index contributed by atoms with van der Waals surface area (Å²) in [6.45, 7) is 4.31. The van der Waals surface area contributed by atoms with E-state index in [0.717, 1.165) is 10.9 Å². The molecule has 0 fully saturated rings. The van der Waals surface area contributed by atoms with Crippen molar-refractivity contribution in [3.63, 3.8) is 0 Å². The van der Waals surface area contributed by atoms with Gasteiger partial charge in [-0.05, 0) is 59.7 Å². The lowest BCUT2D eigenvalue weighted by Gasteiger charge is -2.16. The van der Waals surface area contributed by atoms with E-state index in [1.165, 1.54) is 60.5 Å². The van der Waals surface area contributed by atoms with Crippen LogP contribution in [0.2, 0.25) is 0 Å². The minimum Gasteiger partial charge on any atom is -0.309 e. The van der Waals surface area contributed by atoms with Gasteiger partial charge in [0.05, 0.1) is 22.2 Å². The maximum absolute atomic E-state index is 4.62. The normalized spacial score (nSPS) is 11.7. The van der Waals surface area contributed by atoms with Gasteiger partial charge in [-0.3, -0.25) is 0 Å². The molecule has 0 aliphatic heterocycles. The lowest BCUT2D eigenvalue weighted by Crippen LogP contribution is -1.97. The van der Waals surface area contributed by atoms with Gasteiger partial charge in [0.15, 0.2) is 0 Å². The molecule has 5 aromatic carbocycles. The van der Waals surface area contributed by atoms with Crippen molar-refractivity contribution in [2.75, 3.05) is 0 Å². The van der Waals surface area contributed by atoms with Gasteiger partial charge in [0.1, 0.15) is 6.33 Å². The van der Waals surface area contributed by atoms with E-state index < -0.39 is 0 Å². The maximum atomic E-state index is 4.62. The summed E-state index contributed by atoms with van der Waals surface area (Å²) in [7, 11) is 0. The highest BCUT2D eigenvalue weighted by atomic mass is 15.0. The van der Waals surface area contributed by atoms with E-state index in [0.29, 0.717) is 0 Å². The molecule has 3 heteroatoms. The molecule has 0 saturated carbocycles. The van der Waals surface area contributed by atoms with Crippen molar-refractivity contribution in [2.24, 2.45) is 0 Å². The van der Waals surface area contributed by atoms with Gasteiger partial charge in [0, 0.05) is 27.7 Å². The molecule has 7 rings (SSSR count). The maximum Gasteiger partial charge on any atom is 0.116 e. The summed E-state index contributed by atoms with van der Waals surface area (Å²) in [6.07, 6.45) is 3.56. The van der Waals surface area contributed by atoms with Crippen molar-refractivity contribution >= 4 is 43.5 Å². The lowest BCUT2D eigenvalue weighted by molar-refractivity contribution is 1.20. The van der Waals surface area contributed by atoms with Crippen molar-refractivity contribution in [3.8, 4) is 16.8 Å². The first-order valence-corrected chi connectivity index (χ1v) is 11.9. The Morgan fingerprint density at radius 3 is 2.03 bits per heavy atom. The summed E-state index contributed by atoms with van der Waals surface area (Å²) < 4.78 is 2.41. The Labute approximate surface area is 203 Å². The molecule has 2 heterocycles. The Morgan fingerprint density at radius 2 is 1.26 bits per heavy atom. The van der Waals surface area contributed by atoms with Gasteiger partial charge in [-0.1, -0.05) is 72.8 Å². The summed E-state index contributed by atoms with van der Waals surface area (Å²) in [5.74, 6) is 0. The third-order valence-corrected chi connectivity index (χ3v) is 7.27. The highest BCUT2D eigenvalue weighted by Gasteiger charge is 2.16. The second-order valence-electron chi connectivity index (χ2n) is 9.20. The zero-order valence-corrected chi connectivity index (χ0v) is 19.7. The van der Waals surface area contributed by atoms with Crippen LogP contribution in [0.15, 0.2) is 104 Å². The highest BCUT2D eigenvalue weighted by Crippen LogP contribution is 2.39. The summed E-state index contributed by atoms with van der Waals surface area (Å²) in [4.78, 5) is 8.86. The van der Waals surface area contributed by atoms with E-state index in [1.807, 2.05) is 6.20 Å². The Hall–Kier alpha value is -4.50. The molecule has 0 spiro atoms. The number of hydrogen-bond acceptors (Lipinski definition) is 2. The van der Waals surface area contributed by atoms with Crippen LogP contribution in [-0.4, -0.2) is 14.5 Å². The SMILES string of the molecule is Cc1cc(-c2cccc3c(-n4c5ccccc5c5ccccc54)cccc23)c(C)c2ncncc12. The minimum atomic E-state index is 1.02. The van der Waals surface area contributed by atoms with Crippen LogP contribution < -0.4 is 0 Å². The number of fused-ring (bicyclic) bond motifs is 5. The summed E-state index contributed by atoms with van der Waals surface area (Å²) >= 11 is 0. The van der Waals surface area contributed by atoms with Crippen molar-refractivity contribution in [1.29, 1.82) is 0 Å². The first-order valence-electron chi connectivity index (χ1n) is 11.9. The smallest absolute Gasteiger partial charge is 0.116 e. The molecule has 0 atom stereocenters. The van der Waals surface area contributed by atoms with Crippen molar-refractivity contribution in [1.82, 2.24) is 14.5 Å². The van der Waals surface area contributed by atoms with E-state index in [-0.39, 0.29) is 0 Å². The van der Waals surface area contributed by atoms with Crippen LogP contribution in [0, 0.1) is 13.8 Å². The Kier molecular flexibility index (Phi) is 4.27. The number of nitrogens with zero attached hydrogens (tertiary/aromatic N) is 3. The predicted molar refractivity (Wildman–Crippen MR) is 146 cm³/mol. The fraction of sp³-hybridized carbons (Fsp3) is 0.0625. The molecule has 0 aliphatic carbocycles. The average Bonchev–Trinajstić information content (AvgIpc) is 3.24. The van der Waals surface area contributed by atoms with Crippen LogP contribution in [0.25, 0.3) is 60.3 Å². The molecule has 3 nitrogen and oxygen atoms in total. The van der Waals surface area contributed by atoms with Gasteiger partial charge in [0.2, 0.25) is 0 Å². The Balaban J connectivity index is 1.57. The fourth-order valence-electron chi connectivity index (χ4n) is 5.63. The summed E-state index contributed by atoms with van der Waals surface area (Å²) in [6, 6.07) is 32.9. The van der Waals surface area contributed by atoms with Gasteiger partial charge in [0.25, 0.3) is 0 Å². The molecule has 7 aromatic rings. The van der Waals surface area contributed by atoms with Gasteiger partial charge < -0.3 is 4.57 Å². The number of aromatic nitrogens is 3. The largest absolute Gasteiger partial charge is 0.309 e. The molecule has 0 N–H and O–H groups in total. The van der Waals surface area contributed by atoms with Crippen LogP contribution in [-0.2, 0) is 0 Å². The van der Waals surface area contributed by atoms with Crippen LogP contribution in [0.4, 0.5) is 0 Å². The van der Waals surface area contributed by atoms with E-state index >= 15 is 0 Å². The van der Waals surface area contributed by atoms with Gasteiger partial charge in [-0.25, -0.2) is 9.97 Å². The predicted octanol–water partition coefficient (Wildman–Crippen LogP) is 8.16. The second kappa shape index (κ2) is 7.51. The monoisotopic (exact) mass is 449 g/mol. The van der Waals surface area contributed by atoms with Crippen LogP contribution in [0.1, 0.15) is 11.1 Å². The number of para-hydroxylation sites is 2. The van der Waals surface area contributed by atoms with E-state index in [2.05, 4.69) is 119 Å². The third kappa shape index (κ3) is 2.85. The standard InChI is InChI=1S/C32H23N3/c1-20-17-27(21(2)32-28(20)18-33-19-34-32)23-11-7-13-24-22(23)12-8-16-31(24)35-29-14-5-3-9-25(29)26-10-4-6-15-30(26)35/h3-19H,1-2H3. The molecule has 0 aliphatic rings. The molecular formula is C32H23N3. The van der Waals surface area contributed by atoms with Crippen LogP contribution >= 0.6 is 0 Å². The first kappa shape index (κ1) is 19.9. The number of rotatable bonds is 2. The molecule has 0 amide bonds. The molecule has 35 heavy (non-hydrogen) atoms. The fourth-order valence-corrected chi connectivity index (χ4v) is 5.63. The molecule has 0 unspecified atom stereocenters.